The Hall–Kier alpha value is -3.02. The summed E-state index contributed by atoms with van der Waals surface area (Å²) < 4.78 is 0. The van der Waals surface area contributed by atoms with E-state index in [-0.39, 0.29) is 5.92 Å². The van der Waals surface area contributed by atoms with Gasteiger partial charge >= 0.3 is 5.97 Å². The molecule has 0 spiro atoms. The second kappa shape index (κ2) is 9.07. The van der Waals surface area contributed by atoms with Crippen molar-refractivity contribution in [2.45, 2.75) is 38.5 Å². The van der Waals surface area contributed by atoms with Crippen LogP contribution in [0.1, 0.15) is 43.5 Å². The maximum atomic E-state index is 11.9. The highest BCUT2D eigenvalue weighted by molar-refractivity contribution is 5.71. The second-order valence-corrected chi connectivity index (χ2v) is 6.73. The number of aromatic amines is 1. The monoisotopic (exact) mass is 364 g/mol. The number of aromatic nitrogens is 4. The number of rotatable bonds is 9. The highest BCUT2D eigenvalue weighted by Gasteiger charge is 2.32. The zero-order valence-electron chi connectivity index (χ0n) is 15.4. The van der Waals surface area contributed by atoms with Crippen molar-refractivity contribution < 1.29 is 9.90 Å². The summed E-state index contributed by atoms with van der Waals surface area (Å²) in [6.07, 6.45) is 2.98. The quantitative estimate of drug-likeness (QED) is 0.597. The lowest BCUT2D eigenvalue weighted by molar-refractivity contribution is -0.143. The smallest absolute Gasteiger partial charge is 0.307 e. The molecule has 2 atom stereocenters. The third-order valence-corrected chi connectivity index (χ3v) is 4.88. The fourth-order valence-corrected chi connectivity index (χ4v) is 3.38. The predicted molar refractivity (Wildman–Crippen MR) is 103 cm³/mol. The Labute approximate surface area is 158 Å². The van der Waals surface area contributed by atoms with Gasteiger partial charge in [-0.25, -0.2) is 0 Å². The average molecular weight is 364 g/mol. The average Bonchev–Trinajstić information content (AvgIpc) is 3.23. The summed E-state index contributed by atoms with van der Waals surface area (Å²) in [6.45, 7) is 2.06. The van der Waals surface area contributed by atoms with Crippen LogP contribution < -0.4 is 0 Å². The largest absolute Gasteiger partial charge is 0.481 e. The lowest BCUT2D eigenvalue weighted by atomic mass is 9.83. The molecule has 0 aliphatic heterocycles. The maximum Gasteiger partial charge on any atom is 0.307 e. The first kappa shape index (κ1) is 18.8. The van der Waals surface area contributed by atoms with Gasteiger partial charge in [-0.05, 0) is 29.5 Å². The van der Waals surface area contributed by atoms with Crippen molar-refractivity contribution >= 4 is 5.97 Å². The Morgan fingerprint density at radius 1 is 1.07 bits per heavy atom. The third-order valence-electron chi connectivity index (χ3n) is 4.88. The molecule has 1 heterocycles. The van der Waals surface area contributed by atoms with Crippen LogP contribution in [0.15, 0.2) is 54.6 Å². The molecular weight excluding hydrogens is 340 g/mol. The van der Waals surface area contributed by atoms with Crippen molar-refractivity contribution in [1.29, 1.82) is 0 Å². The van der Waals surface area contributed by atoms with E-state index in [1.54, 1.807) is 0 Å². The third kappa shape index (κ3) is 4.78. The number of tetrazole rings is 1. The molecule has 2 N–H and O–H groups in total. The van der Waals surface area contributed by atoms with Crippen molar-refractivity contribution in [2.24, 2.45) is 5.92 Å². The van der Waals surface area contributed by atoms with Crippen molar-refractivity contribution in [3.63, 3.8) is 0 Å². The molecule has 3 aromatic rings. The van der Waals surface area contributed by atoms with Gasteiger partial charge in [-0.3, -0.25) is 4.79 Å². The first-order valence-electron chi connectivity index (χ1n) is 9.29. The summed E-state index contributed by atoms with van der Waals surface area (Å²) in [7, 11) is 0. The number of carbonyl (C=O) groups is 1. The van der Waals surface area contributed by atoms with Gasteiger partial charge in [0.25, 0.3) is 0 Å². The van der Waals surface area contributed by atoms with Gasteiger partial charge in [-0.2, -0.15) is 5.21 Å². The van der Waals surface area contributed by atoms with Crippen LogP contribution in [0.4, 0.5) is 0 Å². The van der Waals surface area contributed by atoms with Crippen molar-refractivity contribution in [3.05, 3.63) is 66.0 Å². The summed E-state index contributed by atoms with van der Waals surface area (Å²) in [4.78, 5) is 11.9. The van der Waals surface area contributed by atoms with Crippen LogP contribution in [-0.2, 0) is 11.2 Å². The number of benzene rings is 2. The lowest BCUT2D eigenvalue weighted by Gasteiger charge is -2.21. The molecule has 140 valence electrons. The van der Waals surface area contributed by atoms with E-state index in [4.69, 9.17) is 0 Å². The summed E-state index contributed by atoms with van der Waals surface area (Å²) in [5.41, 5.74) is 3.36. The molecule has 0 saturated carbocycles. The van der Waals surface area contributed by atoms with E-state index in [0.29, 0.717) is 18.7 Å². The molecule has 1 aromatic heterocycles. The maximum absolute atomic E-state index is 11.9. The molecule has 6 nitrogen and oxygen atoms in total. The molecule has 0 saturated heterocycles. The van der Waals surface area contributed by atoms with E-state index in [0.717, 1.165) is 29.5 Å². The molecule has 0 unspecified atom stereocenters. The van der Waals surface area contributed by atoms with Crippen LogP contribution in [0.2, 0.25) is 0 Å². The lowest BCUT2D eigenvalue weighted by Crippen LogP contribution is -2.25. The number of nitrogens with one attached hydrogen (secondary N) is 1. The van der Waals surface area contributed by atoms with E-state index in [2.05, 4.69) is 51.8 Å². The molecule has 0 radical (unpaired) electrons. The molecular formula is C21H24N4O2. The van der Waals surface area contributed by atoms with Gasteiger partial charge in [0.05, 0.1) is 5.92 Å². The summed E-state index contributed by atoms with van der Waals surface area (Å²) >= 11 is 0. The number of H-pyrrole nitrogens is 1. The minimum absolute atomic E-state index is 0.310. The van der Waals surface area contributed by atoms with Crippen molar-refractivity contribution in [3.8, 4) is 11.1 Å². The molecule has 0 bridgehead atoms. The topological polar surface area (TPSA) is 91.8 Å². The second-order valence-electron chi connectivity index (χ2n) is 6.73. The SMILES string of the molecule is CCCC[C@@H](C(=O)O)[C@@H](Cc1ccc(-c2ccccc2)cc1)c1nn[nH]n1. The predicted octanol–water partition coefficient (Wildman–Crippen LogP) is 4.08. The molecule has 0 fully saturated rings. The standard InChI is InChI=1S/C21H24N4O2/c1-2-3-9-18(21(26)27)19(20-22-24-25-23-20)14-15-10-12-17(13-11-15)16-7-5-4-6-8-16/h4-8,10-13,18-19H,2-3,9,14H2,1H3,(H,26,27)(H,22,23,24,25)/t18-,19-/m1/s1. The van der Waals surface area contributed by atoms with Gasteiger partial charge in [0.15, 0.2) is 5.82 Å². The zero-order chi connectivity index (χ0) is 19.1. The molecule has 6 heteroatoms. The summed E-state index contributed by atoms with van der Waals surface area (Å²) in [5, 5.41) is 24.0. The fourth-order valence-electron chi connectivity index (χ4n) is 3.38. The van der Waals surface area contributed by atoms with Gasteiger partial charge in [0, 0.05) is 5.92 Å². The number of nitrogens with zero attached hydrogens (tertiary/aromatic N) is 3. The van der Waals surface area contributed by atoms with Gasteiger partial charge in [0.1, 0.15) is 0 Å². The summed E-state index contributed by atoms with van der Waals surface area (Å²) in [5.74, 6) is -1.18. The van der Waals surface area contributed by atoms with E-state index < -0.39 is 11.9 Å². The number of carboxylic acid groups (broad SMARTS) is 1. The summed E-state index contributed by atoms with van der Waals surface area (Å²) in [6, 6.07) is 18.4. The van der Waals surface area contributed by atoms with Crippen LogP contribution >= 0.6 is 0 Å². The van der Waals surface area contributed by atoms with Gasteiger partial charge in [-0.15, -0.1) is 10.2 Å². The van der Waals surface area contributed by atoms with Crippen LogP contribution in [-0.4, -0.2) is 31.7 Å². The fraction of sp³-hybridized carbons (Fsp3) is 0.333. The highest BCUT2D eigenvalue weighted by Crippen LogP contribution is 2.31. The first-order valence-corrected chi connectivity index (χ1v) is 9.29. The Bertz CT molecular complexity index is 832. The van der Waals surface area contributed by atoms with E-state index in [9.17, 15) is 9.90 Å². The van der Waals surface area contributed by atoms with Crippen molar-refractivity contribution in [2.75, 3.05) is 0 Å². The molecule has 2 aromatic carbocycles. The normalized spacial score (nSPS) is 13.2. The van der Waals surface area contributed by atoms with Crippen LogP contribution in [0.5, 0.6) is 0 Å². The Kier molecular flexibility index (Phi) is 6.30. The van der Waals surface area contributed by atoms with Crippen LogP contribution in [0, 0.1) is 5.92 Å². The molecule has 0 aliphatic carbocycles. The van der Waals surface area contributed by atoms with Crippen molar-refractivity contribution in [1.82, 2.24) is 20.6 Å². The Balaban J connectivity index is 1.82. The Morgan fingerprint density at radius 2 is 1.78 bits per heavy atom. The first-order chi connectivity index (χ1) is 13.2. The number of unbranched alkanes of at least 4 members (excludes halogenated alkanes) is 1. The zero-order valence-corrected chi connectivity index (χ0v) is 15.4. The molecule has 0 aliphatic rings. The molecule has 3 rings (SSSR count). The highest BCUT2D eigenvalue weighted by atomic mass is 16.4. The van der Waals surface area contributed by atoms with Gasteiger partial charge in [0.2, 0.25) is 0 Å². The minimum atomic E-state index is -0.806. The van der Waals surface area contributed by atoms with E-state index in [1.165, 1.54) is 0 Å². The number of hydrogen-bond acceptors (Lipinski definition) is 4. The number of aliphatic carboxylic acids is 1. The Morgan fingerprint density at radius 3 is 2.37 bits per heavy atom. The number of hydrogen-bond donors (Lipinski definition) is 2. The van der Waals surface area contributed by atoms with E-state index in [1.807, 2.05) is 30.3 Å². The molecule has 0 amide bonds. The number of carboxylic acids is 1. The van der Waals surface area contributed by atoms with Crippen LogP contribution in [0.3, 0.4) is 0 Å². The van der Waals surface area contributed by atoms with Gasteiger partial charge in [-0.1, -0.05) is 79.6 Å². The molecule has 27 heavy (non-hydrogen) atoms. The minimum Gasteiger partial charge on any atom is -0.481 e. The van der Waals surface area contributed by atoms with Gasteiger partial charge < -0.3 is 5.11 Å². The van der Waals surface area contributed by atoms with E-state index >= 15 is 0 Å². The van der Waals surface area contributed by atoms with Crippen LogP contribution in [0.25, 0.3) is 11.1 Å².